The molecule has 1 heterocycles. The van der Waals surface area contributed by atoms with Gasteiger partial charge in [0.05, 0.1) is 0 Å². The SMILES string of the molecule is CCNC1CC(C)CC(C)C1N1CCN(C(C)CC)CC1. The van der Waals surface area contributed by atoms with E-state index < -0.39 is 0 Å². The van der Waals surface area contributed by atoms with E-state index in [2.05, 4.69) is 49.7 Å². The Hall–Kier alpha value is -0.120. The lowest BCUT2D eigenvalue weighted by atomic mass is 9.75. The van der Waals surface area contributed by atoms with Crippen molar-refractivity contribution in [2.45, 2.75) is 72.0 Å². The fourth-order valence-electron chi connectivity index (χ4n) is 4.65. The van der Waals surface area contributed by atoms with Gasteiger partial charge < -0.3 is 5.32 Å². The van der Waals surface area contributed by atoms with Crippen LogP contribution in [0.1, 0.15) is 53.9 Å². The molecule has 0 bridgehead atoms. The molecule has 0 spiro atoms. The van der Waals surface area contributed by atoms with Crippen LogP contribution in [0.15, 0.2) is 0 Å². The summed E-state index contributed by atoms with van der Waals surface area (Å²) in [6.07, 6.45) is 4.03. The molecule has 2 fully saturated rings. The van der Waals surface area contributed by atoms with E-state index in [-0.39, 0.29) is 0 Å². The summed E-state index contributed by atoms with van der Waals surface area (Å²) < 4.78 is 0. The van der Waals surface area contributed by atoms with Crippen LogP contribution in [0.25, 0.3) is 0 Å². The predicted octanol–water partition coefficient (Wildman–Crippen LogP) is 2.82. The smallest absolute Gasteiger partial charge is 0.0276 e. The average Bonchev–Trinajstić information content (AvgIpc) is 2.46. The van der Waals surface area contributed by atoms with Gasteiger partial charge in [-0.05, 0) is 44.6 Å². The van der Waals surface area contributed by atoms with Crippen LogP contribution >= 0.6 is 0 Å². The van der Waals surface area contributed by atoms with Gasteiger partial charge in [0, 0.05) is 44.3 Å². The van der Waals surface area contributed by atoms with E-state index in [1.807, 2.05) is 0 Å². The Morgan fingerprint density at radius 1 is 1.05 bits per heavy atom. The Kier molecular flexibility index (Phi) is 6.51. The second-order valence-corrected chi connectivity index (χ2v) is 7.54. The summed E-state index contributed by atoms with van der Waals surface area (Å²) in [5.74, 6) is 1.70. The highest BCUT2D eigenvalue weighted by atomic mass is 15.3. The van der Waals surface area contributed by atoms with Gasteiger partial charge in [0.25, 0.3) is 0 Å². The molecule has 1 aliphatic heterocycles. The van der Waals surface area contributed by atoms with E-state index in [0.717, 1.165) is 30.5 Å². The van der Waals surface area contributed by atoms with Crippen molar-refractivity contribution in [3.63, 3.8) is 0 Å². The van der Waals surface area contributed by atoms with Crippen molar-refractivity contribution in [3.8, 4) is 0 Å². The summed E-state index contributed by atoms with van der Waals surface area (Å²) in [5.41, 5.74) is 0. The molecule has 1 aliphatic carbocycles. The molecule has 0 aromatic rings. The molecule has 0 amide bonds. The van der Waals surface area contributed by atoms with Gasteiger partial charge in [-0.2, -0.15) is 0 Å². The van der Waals surface area contributed by atoms with Crippen LogP contribution in [0, 0.1) is 11.8 Å². The van der Waals surface area contributed by atoms with Crippen LogP contribution in [0.4, 0.5) is 0 Å². The van der Waals surface area contributed by atoms with Gasteiger partial charge in [-0.1, -0.05) is 27.7 Å². The third-order valence-electron chi connectivity index (χ3n) is 5.88. The first-order valence-electron chi connectivity index (χ1n) is 9.28. The van der Waals surface area contributed by atoms with Gasteiger partial charge in [-0.15, -0.1) is 0 Å². The Balaban J connectivity index is 1.96. The van der Waals surface area contributed by atoms with Crippen molar-refractivity contribution in [1.29, 1.82) is 0 Å². The third kappa shape index (κ3) is 4.20. The topological polar surface area (TPSA) is 18.5 Å². The summed E-state index contributed by atoms with van der Waals surface area (Å²) in [6, 6.07) is 2.20. The second-order valence-electron chi connectivity index (χ2n) is 7.54. The molecule has 0 aromatic carbocycles. The van der Waals surface area contributed by atoms with Crippen molar-refractivity contribution in [2.75, 3.05) is 32.7 Å². The zero-order valence-corrected chi connectivity index (χ0v) is 14.9. The van der Waals surface area contributed by atoms with E-state index in [0.29, 0.717) is 6.04 Å². The minimum Gasteiger partial charge on any atom is -0.313 e. The molecule has 5 atom stereocenters. The van der Waals surface area contributed by atoms with Crippen molar-refractivity contribution in [2.24, 2.45) is 11.8 Å². The molecule has 3 heteroatoms. The standard InChI is InChI=1S/C18H37N3/c1-6-16(5)20-8-10-21(11-9-20)18-15(4)12-14(3)13-17(18)19-7-2/h14-19H,6-13H2,1-5H3. The van der Waals surface area contributed by atoms with Crippen LogP contribution in [0.3, 0.4) is 0 Å². The molecule has 0 aromatic heterocycles. The maximum atomic E-state index is 3.78. The molecule has 3 nitrogen and oxygen atoms in total. The van der Waals surface area contributed by atoms with Crippen molar-refractivity contribution < 1.29 is 0 Å². The molecule has 2 aliphatic rings. The van der Waals surface area contributed by atoms with E-state index in [1.165, 1.54) is 45.4 Å². The van der Waals surface area contributed by atoms with Gasteiger partial charge in [0.1, 0.15) is 0 Å². The van der Waals surface area contributed by atoms with Gasteiger partial charge in [-0.25, -0.2) is 0 Å². The fraction of sp³-hybridized carbons (Fsp3) is 1.00. The quantitative estimate of drug-likeness (QED) is 0.841. The Labute approximate surface area is 132 Å². The second kappa shape index (κ2) is 7.94. The van der Waals surface area contributed by atoms with Crippen molar-refractivity contribution in [1.82, 2.24) is 15.1 Å². The average molecular weight is 296 g/mol. The van der Waals surface area contributed by atoms with Crippen molar-refractivity contribution >= 4 is 0 Å². The highest BCUT2D eigenvalue weighted by molar-refractivity contribution is 4.95. The van der Waals surface area contributed by atoms with Crippen LogP contribution in [-0.2, 0) is 0 Å². The van der Waals surface area contributed by atoms with Gasteiger partial charge in [0.15, 0.2) is 0 Å². The highest BCUT2D eigenvalue weighted by Gasteiger charge is 2.38. The first-order valence-corrected chi connectivity index (χ1v) is 9.28. The molecular weight excluding hydrogens is 258 g/mol. The van der Waals surface area contributed by atoms with Crippen molar-refractivity contribution in [3.05, 3.63) is 0 Å². The molecule has 5 unspecified atom stereocenters. The summed E-state index contributed by atoms with van der Waals surface area (Å²) in [4.78, 5) is 5.47. The summed E-state index contributed by atoms with van der Waals surface area (Å²) in [6.45, 7) is 18.0. The third-order valence-corrected chi connectivity index (χ3v) is 5.88. The maximum absolute atomic E-state index is 3.78. The largest absolute Gasteiger partial charge is 0.313 e. The molecule has 21 heavy (non-hydrogen) atoms. The Morgan fingerprint density at radius 2 is 1.71 bits per heavy atom. The summed E-state index contributed by atoms with van der Waals surface area (Å²) in [5, 5.41) is 3.78. The highest BCUT2D eigenvalue weighted by Crippen LogP contribution is 2.33. The number of likely N-dealkylation sites (N-methyl/N-ethyl adjacent to an activating group) is 1. The van der Waals surface area contributed by atoms with E-state index in [4.69, 9.17) is 0 Å². The fourth-order valence-corrected chi connectivity index (χ4v) is 4.65. The van der Waals surface area contributed by atoms with Crippen LogP contribution in [0.5, 0.6) is 0 Å². The molecule has 1 N–H and O–H groups in total. The number of piperazine rings is 1. The van der Waals surface area contributed by atoms with Gasteiger partial charge in [-0.3, -0.25) is 9.80 Å². The van der Waals surface area contributed by atoms with Crippen LogP contribution in [0.2, 0.25) is 0 Å². The normalized spacial score (nSPS) is 37.6. The molecule has 2 rings (SSSR count). The number of hydrogen-bond acceptors (Lipinski definition) is 3. The number of nitrogens with one attached hydrogen (secondary N) is 1. The number of hydrogen-bond donors (Lipinski definition) is 1. The Morgan fingerprint density at radius 3 is 2.29 bits per heavy atom. The lowest BCUT2D eigenvalue weighted by Crippen LogP contribution is -2.61. The maximum Gasteiger partial charge on any atom is 0.0276 e. The lowest BCUT2D eigenvalue weighted by molar-refractivity contribution is 0.0143. The van der Waals surface area contributed by atoms with E-state index in [9.17, 15) is 0 Å². The number of rotatable bonds is 5. The Bertz CT molecular complexity index is 299. The van der Waals surface area contributed by atoms with Gasteiger partial charge >= 0.3 is 0 Å². The molecule has 1 saturated heterocycles. The molecule has 0 radical (unpaired) electrons. The summed E-state index contributed by atoms with van der Waals surface area (Å²) >= 11 is 0. The molecular formula is C18H37N3. The first-order chi connectivity index (χ1) is 10.1. The molecule has 1 saturated carbocycles. The first kappa shape index (κ1) is 17.2. The monoisotopic (exact) mass is 295 g/mol. The zero-order valence-electron chi connectivity index (χ0n) is 14.9. The lowest BCUT2D eigenvalue weighted by Gasteiger charge is -2.49. The van der Waals surface area contributed by atoms with Crippen LogP contribution < -0.4 is 5.32 Å². The summed E-state index contributed by atoms with van der Waals surface area (Å²) in [7, 11) is 0. The van der Waals surface area contributed by atoms with Crippen LogP contribution in [-0.4, -0.2) is 60.6 Å². The minimum absolute atomic E-state index is 0.698. The minimum atomic E-state index is 0.698. The van der Waals surface area contributed by atoms with E-state index in [1.54, 1.807) is 0 Å². The zero-order chi connectivity index (χ0) is 15.4. The number of nitrogens with zero attached hydrogens (tertiary/aromatic N) is 2. The predicted molar refractivity (Wildman–Crippen MR) is 91.7 cm³/mol. The molecule has 124 valence electrons. The van der Waals surface area contributed by atoms with Gasteiger partial charge in [0.2, 0.25) is 0 Å². The van der Waals surface area contributed by atoms with E-state index >= 15 is 0 Å².